The predicted molar refractivity (Wildman–Crippen MR) is 94.5 cm³/mol. The normalized spacial score (nSPS) is 17.9. The van der Waals surface area contributed by atoms with Gasteiger partial charge in [0.05, 0.1) is 6.21 Å². The molecule has 22 heavy (non-hydrogen) atoms. The molecular weight excluding hydrogens is 294 g/mol. The van der Waals surface area contributed by atoms with Crippen molar-refractivity contribution in [2.75, 3.05) is 13.1 Å². The molecule has 0 radical (unpaired) electrons. The maximum atomic E-state index is 10.1. The third-order valence-corrected chi connectivity index (χ3v) is 4.51. The van der Waals surface area contributed by atoms with Gasteiger partial charge < -0.3 is 5.11 Å². The van der Waals surface area contributed by atoms with E-state index in [9.17, 15) is 5.11 Å². The zero-order valence-corrected chi connectivity index (χ0v) is 13.3. The van der Waals surface area contributed by atoms with E-state index in [1.165, 1.54) is 19.3 Å². The van der Waals surface area contributed by atoms with E-state index in [0.717, 1.165) is 29.4 Å². The number of rotatable bonds is 4. The van der Waals surface area contributed by atoms with Crippen LogP contribution in [0.25, 0.3) is 10.8 Å². The van der Waals surface area contributed by atoms with Crippen LogP contribution in [0.15, 0.2) is 41.5 Å². The number of nitrogens with zero attached hydrogens (tertiary/aromatic N) is 2. The predicted octanol–water partition coefficient (Wildman–Crippen LogP) is 3.17. The van der Waals surface area contributed by atoms with Crippen LogP contribution in [0.5, 0.6) is 5.75 Å². The number of thiol groups is 1. The van der Waals surface area contributed by atoms with E-state index in [4.69, 9.17) is 0 Å². The van der Waals surface area contributed by atoms with Gasteiger partial charge in [-0.05, 0) is 29.7 Å². The number of benzene rings is 2. The van der Waals surface area contributed by atoms with E-state index in [1.807, 2.05) is 30.3 Å². The number of fused-ring (bicyclic) bond motifs is 1. The second-order valence-electron chi connectivity index (χ2n) is 5.58. The summed E-state index contributed by atoms with van der Waals surface area (Å²) in [5.41, 5.74) is 3.68. The summed E-state index contributed by atoms with van der Waals surface area (Å²) in [6, 6.07) is 11.6. The van der Waals surface area contributed by atoms with E-state index in [1.54, 1.807) is 12.3 Å². The summed E-state index contributed by atoms with van der Waals surface area (Å²) < 4.78 is 0. The summed E-state index contributed by atoms with van der Waals surface area (Å²) in [5, 5.41) is 16.4. The number of hydrazone groups is 1. The quantitative estimate of drug-likeness (QED) is 0.351. The van der Waals surface area contributed by atoms with Crippen LogP contribution in [0.1, 0.15) is 24.8 Å². The molecule has 0 amide bonds. The fraction of sp³-hybridized carbons (Fsp3) is 0.353. The molecule has 1 heterocycles. The molecule has 0 saturated carbocycles. The fourth-order valence-corrected chi connectivity index (χ4v) is 3.13. The van der Waals surface area contributed by atoms with E-state index < -0.39 is 0 Å². The molecule has 1 fully saturated rings. The molecule has 116 valence electrons. The summed E-state index contributed by atoms with van der Waals surface area (Å²) >= 11 is 4.56. The number of nitrogens with one attached hydrogen (secondary N) is 1. The van der Waals surface area contributed by atoms with Gasteiger partial charge in [0.1, 0.15) is 11.2 Å². The lowest BCUT2D eigenvalue weighted by molar-refractivity contribution is 0.194. The molecule has 1 aliphatic rings. The Morgan fingerprint density at radius 3 is 2.73 bits per heavy atom. The van der Waals surface area contributed by atoms with Gasteiger partial charge in [-0.25, -0.2) is 0 Å². The highest BCUT2D eigenvalue weighted by molar-refractivity contribution is 7.80. The zero-order valence-electron chi connectivity index (χ0n) is 12.4. The Bertz CT molecular complexity index is 668. The van der Waals surface area contributed by atoms with E-state index in [0.29, 0.717) is 0 Å². The van der Waals surface area contributed by atoms with Crippen molar-refractivity contribution in [1.82, 2.24) is 10.3 Å². The zero-order chi connectivity index (χ0) is 15.4. The van der Waals surface area contributed by atoms with Gasteiger partial charge in [0.25, 0.3) is 0 Å². The van der Waals surface area contributed by atoms with Crippen molar-refractivity contribution < 1.29 is 5.11 Å². The summed E-state index contributed by atoms with van der Waals surface area (Å²) in [6.45, 7) is 2.10. The molecule has 0 spiro atoms. The molecule has 1 saturated heterocycles. The molecule has 2 aromatic carbocycles. The van der Waals surface area contributed by atoms with Crippen molar-refractivity contribution in [2.24, 2.45) is 5.10 Å². The van der Waals surface area contributed by atoms with Crippen molar-refractivity contribution in [1.29, 1.82) is 0 Å². The summed E-state index contributed by atoms with van der Waals surface area (Å²) in [7, 11) is 0. The van der Waals surface area contributed by atoms with Gasteiger partial charge in [-0.3, -0.25) is 10.3 Å². The molecular formula is C17H21N3OS. The number of piperidine rings is 1. The van der Waals surface area contributed by atoms with Crippen LogP contribution in [0.2, 0.25) is 0 Å². The number of aromatic hydroxyl groups is 1. The summed E-state index contributed by atoms with van der Waals surface area (Å²) in [4.78, 5) is 2.27. The molecule has 0 bridgehead atoms. The SMILES string of the molecule is Oc1ccc2ccccc2c1C=NN[C@@H](S)N1CCCCC1. The maximum Gasteiger partial charge on any atom is 0.141 e. The van der Waals surface area contributed by atoms with E-state index >= 15 is 0 Å². The number of phenolic OH excluding ortho intramolecular Hbond substituents is 1. The Morgan fingerprint density at radius 1 is 1.14 bits per heavy atom. The Kier molecular flexibility index (Phi) is 4.85. The van der Waals surface area contributed by atoms with Crippen LogP contribution < -0.4 is 5.43 Å². The highest BCUT2D eigenvalue weighted by Gasteiger charge is 2.16. The second kappa shape index (κ2) is 7.03. The first-order valence-electron chi connectivity index (χ1n) is 7.67. The van der Waals surface area contributed by atoms with Gasteiger partial charge in [0.15, 0.2) is 0 Å². The molecule has 1 atom stereocenters. The monoisotopic (exact) mass is 315 g/mol. The van der Waals surface area contributed by atoms with Crippen LogP contribution in [-0.4, -0.2) is 34.8 Å². The molecule has 5 heteroatoms. The molecule has 0 aliphatic carbocycles. The summed E-state index contributed by atoms with van der Waals surface area (Å²) in [6.07, 6.45) is 5.40. The lowest BCUT2D eigenvalue weighted by Gasteiger charge is -2.30. The van der Waals surface area contributed by atoms with Crippen LogP contribution >= 0.6 is 12.6 Å². The van der Waals surface area contributed by atoms with Crippen molar-refractivity contribution >= 4 is 29.6 Å². The van der Waals surface area contributed by atoms with Crippen LogP contribution in [-0.2, 0) is 0 Å². The lowest BCUT2D eigenvalue weighted by atomic mass is 10.0. The Balaban J connectivity index is 1.73. The highest BCUT2D eigenvalue weighted by atomic mass is 32.1. The topological polar surface area (TPSA) is 47.9 Å². The summed E-state index contributed by atoms with van der Waals surface area (Å²) in [5.74, 6) is 0.234. The largest absolute Gasteiger partial charge is 0.507 e. The van der Waals surface area contributed by atoms with Gasteiger partial charge in [-0.1, -0.05) is 36.8 Å². The first kappa shape index (κ1) is 15.2. The van der Waals surface area contributed by atoms with Gasteiger partial charge in [-0.2, -0.15) is 5.10 Å². The standard InChI is InChI=1S/C17H21N3OS/c21-16-9-8-13-6-2-3-7-14(13)15(16)12-18-19-17(22)20-10-4-1-5-11-20/h2-3,6-9,12,17,19,21-22H,1,4-5,10-11H2/t17-/m1/s1. The number of hydrogen-bond acceptors (Lipinski definition) is 5. The highest BCUT2D eigenvalue weighted by Crippen LogP contribution is 2.25. The smallest absolute Gasteiger partial charge is 0.141 e. The van der Waals surface area contributed by atoms with Crippen molar-refractivity contribution in [3.8, 4) is 5.75 Å². The molecule has 3 rings (SSSR count). The average Bonchev–Trinajstić information content (AvgIpc) is 2.57. The minimum absolute atomic E-state index is 0.0892. The third kappa shape index (κ3) is 3.36. The molecule has 2 N–H and O–H groups in total. The van der Waals surface area contributed by atoms with Gasteiger partial charge in [0, 0.05) is 18.7 Å². The van der Waals surface area contributed by atoms with Crippen molar-refractivity contribution in [2.45, 2.75) is 24.8 Å². The van der Waals surface area contributed by atoms with E-state index in [-0.39, 0.29) is 11.2 Å². The molecule has 1 aliphatic heterocycles. The third-order valence-electron chi connectivity index (χ3n) is 4.07. The first-order valence-corrected chi connectivity index (χ1v) is 8.19. The Morgan fingerprint density at radius 2 is 1.91 bits per heavy atom. The van der Waals surface area contributed by atoms with Gasteiger partial charge >= 0.3 is 0 Å². The Labute approximate surface area is 136 Å². The molecule has 4 nitrogen and oxygen atoms in total. The Hall–Kier alpha value is -1.72. The lowest BCUT2D eigenvalue weighted by Crippen LogP contribution is -2.42. The van der Waals surface area contributed by atoms with Gasteiger partial charge in [-0.15, -0.1) is 12.6 Å². The van der Waals surface area contributed by atoms with Crippen molar-refractivity contribution in [3.63, 3.8) is 0 Å². The number of hydrogen-bond donors (Lipinski definition) is 3. The van der Waals surface area contributed by atoms with Crippen LogP contribution in [0.4, 0.5) is 0 Å². The molecule has 2 aromatic rings. The number of phenols is 1. The minimum Gasteiger partial charge on any atom is -0.507 e. The van der Waals surface area contributed by atoms with Gasteiger partial charge in [0.2, 0.25) is 0 Å². The number of likely N-dealkylation sites (tertiary alicyclic amines) is 1. The van der Waals surface area contributed by atoms with Crippen LogP contribution in [0, 0.1) is 0 Å². The maximum absolute atomic E-state index is 10.1. The molecule has 0 unspecified atom stereocenters. The van der Waals surface area contributed by atoms with Crippen molar-refractivity contribution in [3.05, 3.63) is 42.0 Å². The minimum atomic E-state index is -0.0892. The molecule has 0 aromatic heterocycles. The fourth-order valence-electron chi connectivity index (χ4n) is 2.83. The second-order valence-corrected chi connectivity index (χ2v) is 6.07. The average molecular weight is 315 g/mol. The first-order chi connectivity index (χ1) is 10.8. The van der Waals surface area contributed by atoms with E-state index in [2.05, 4.69) is 28.1 Å². The van der Waals surface area contributed by atoms with Crippen LogP contribution in [0.3, 0.4) is 0 Å².